The second kappa shape index (κ2) is 7.65. The lowest BCUT2D eigenvalue weighted by Gasteiger charge is -2.34. The van der Waals surface area contributed by atoms with E-state index in [-0.39, 0.29) is 5.78 Å². The van der Waals surface area contributed by atoms with Crippen molar-refractivity contribution in [3.05, 3.63) is 59.2 Å². The summed E-state index contributed by atoms with van der Waals surface area (Å²) in [5, 5.41) is 0. The minimum Gasteiger partial charge on any atom is -0.497 e. The van der Waals surface area contributed by atoms with E-state index in [4.69, 9.17) is 9.47 Å². The molecule has 136 valence electrons. The number of allylic oxidation sites excluding steroid dienone is 1. The quantitative estimate of drug-likeness (QED) is 0.749. The highest BCUT2D eigenvalue weighted by Gasteiger charge is 2.23. The summed E-state index contributed by atoms with van der Waals surface area (Å²) in [7, 11) is 3.35. The van der Waals surface area contributed by atoms with Gasteiger partial charge in [-0.2, -0.15) is 0 Å². The van der Waals surface area contributed by atoms with Crippen molar-refractivity contribution in [3.63, 3.8) is 0 Å². The summed E-state index contributed by atoms with van der Waals surface area (Å²) in [5.74, 6) is 1.72. The molecular formula is C22H25NO3. The maximum atomic E-state index is 12.0. The van der Waals surface area contributed by atoms with Gasteiger partial charge in [-0.15, -0.1) is 0 Å². The maximum absolute atomic E-state index is 12.0. The molecule has 26 heavy (non-hydrogen) atoms. The minimum atomic E-state index is 0.0378. The Morgan fingerprint density at radius 1 is 1.08 bits per heavy atom. The number of ether oxygens (including phenoxy) is 2. The van der Waals surface area contributed by atoms with Crippen molar-refractivity contribution in [2.24, 2.45) is 0 Å². The number of aryl methyl sites for hydroxylation is 2. The molecule has 0 atom stereocenters. The summed E-state index contributed by atoms with van der Waals surface area (Å²) < 4.78 is 10.7. The first-order valence-electron chi connectivity index (χ1n) is 8.85. The molecular weight excluding hydrogens is 326 g/mol. The zero-order valence-electron chi connectivity index (χ0n) is 15.8. The van der Waals surface area contributed by atoms with Crippen LogP contribution in [0.3, 0.4) is 0 Å². The first-order valence-corrected chi connectivity index (χ1v) is 8.85. The first kappa shape index (κ1) is 18.1. The zero-order valence-corrected chi connectivity index (χ0v) is 15.8. The van der Waals surface area contributed by atoms with Crippen molar-refractivity contribution in [2.75, 3.05) is 25.7 Å². The summed E-state index contributed by atoms with van der Waals surface area (Å²) in [4.78, 5) is 14.2. The number of carbonyl (C=O) groups is 1. The van der Waals surface area contributed by atoms with Gasteiger partial charge >= 0.3 is 0 Å². The van der Waals surface area contributed by atoms with E-state index in [1.54, 1.807) is 27.2 Å². The molecule has 0 amide bonds. The van der Waals surface area contributed by atoms with Crippen LogP contribution >= 0.6 is 0 Å². The average molecular weight is 351 g/mol. The molecule has 0 N–H and O–H groups in total. The second-order valence-corrected chi connectivity index (χ2v) is 6.57. The third kappa shape index (κ3) is 3.59. The van der Waals surface area contributed by atoms with Crippen molar-refractivity contribution < 1.29 is 14.3 Å². The Kier molecular flexibility index (Phi) is 5.31. The molecule has 0 aliphatic carbocycles. The number of carbonyl (C=O) groups excluding carboxylic acids is 1. The molecule has 0 aromatic heterocycles. The van der Waals surface area contributed by atoms with Crippen LogP contribution in [0.1, 0.15) is 30.0 Å². The second-order valence-electron chi connectivity index (χ2n) is 6.57. The molecule has 2 aromatic rings. The van der Waals surface area contributed by atoms with Gasteiger partial charge in [0.05, 0.1) is 19.9 Å². The van der Waals surface area contributed by atoms with Crippen molar-refractivity contribution in [1.82, 2.24) is 0 Å². The number of hydrogen-bond donors (Lipinski definition) is 0. The molecule has 2 aromatic carbocycles. The van der Waals surface area contributed by atoms with E-state index in [0.717, 1.165) is 53.4 Å². The number of ketones is 1. The van der Waals surface area contributed by atoms with Crippen molar-refractivity contribution in [1.29, 1.82) is 0 Å². The Balaban J connectivity index is 2.10. The van der Waals surface area contributed by atoms with Gasteiger partial charge < -0.3 is 14.4 Å². The minimum absolute atomic E-state index is 0.0378. The molecule has 1 heterocycles. The molecule has 4 heteroatoms. The Labute approximate surface area is 155 Å². The molecule has 4 nitrogen and oxygen atoms in total. The van der Waals surface area contributed by atoms with Crippen LogP contribution in [0.4, 0.5) is 5.69 Å². The predicted molar refractivity (Wildman–Crippen MR) is 105 cm³/mol. The summed E-state index contributed by atoms with van der Waals surface area (Å²) >= 11 is 0. The molecule has 0 unspecified atom stereocenters. The van der Waals surface area contributed by atoms with E-state index in [9.17, 15) is 4.79 Å². The number of methoxy groups -OCH3 is 2. The van der Waals surface area contributed by atoms with Crippen LogP contribution in [0.25, 0.3) is 5.70 Å². The van der Waals surface area contributed by atoms with Gasteiger partial charge in [0.1, 0.15) is 11.5 Å². The van der Waals surface area contributed by atoms with E-state index >= 15 is 0 Å². The van der Waals surface area contributed by atoms with E-state index < -0.39 is 0 Å². The smallest absolute Gasteiger partial charge is 0.154 e. The molecule has 3 rings (SSSR count). The van der Waals surface area contributed by atoms with E-state index in [2.05, 4.69) is 17.0 Å². The fraction of sp³-hybridized carbons (Fsp3) is 0.318. The highest BCUT2D eigenvalue weighted by molar-refractivity contribution is 5.99. The Morgan fingerprint density at radius 3 is 2.42 bits per heavy atom. The molecule has 0 radical (unpaired) electrons. The number of fused-ring (bicyclic) bond motifs is 1. The Bertz CT molecular complexity index is 854. The largest absolute Gasteiger partial charge is 0.497 e. The normalized spacial score (nSPS) is 14.0. The maximum Gasteiger partial charge on any atom is 0.154 e. The average Bonchev–Trinajstić information content (AvgIpc) is 2.65. The summed E-state index contributed by atoms with van der Waals surface area (Å²) in [6.07, 6.45) is 3.77. The lowest BCUT2D eigenvalue weighted by Crippen LogP contribution is -2.28. The van der Waals surface area contributed by atoms with Crippen LogP contribution in [0.15, 0.2) is 42.5 Å². The molecule has 0 saturated carbocycles. The van der Waals surface area contributed by atoms with Crippen LogP contribution in [0, 0.1) is 6.92 Å². The molecule has 0 bridgehead atoms. The fourth-order valence-corrected chi connectivity index (χ4v) is 3.49. The summed E-state index contributed by atoms with van der Waals surface area (Å²) in [6, 6.07) is 12.1. The highest BCUT2D eigenvalue weighted by atomic mass is 16.5. The number of benzene rings is 2. The number of hydrogen-bond acceptors (Lipinski definition) is 4. The monoisotopic (exact) mass is 351 g/mol. The summed E-state index contributed by atoms with van der Waals surface area (Å²) in [5.41, 5.74) is 5.45. The number of nitrogens with zero attached hydrogens (tertiary/aromatic N) is 1. The van der Waals surface area contributed by atoms with Crippen LogP contribution in [0.5, 0.6) is 11.5 Å². The van der Waals surface area contributed by atoms with Crippen molar-refractivity contribution in [2.45, 2.75) is 26.7 Å². The van der Waals surface area contributed by atoms with Crippen LogP contribution < -0.4 is 14.4 Å². The SMILES string of the molecule is COc1ccc(/C(=C\C(C)=O)N2CCCc3cc(OC)ccc32)c(C)c1. The van der Waals surface area contributed by atoms with Crippen LogP contribution in [-0.2, 0) is 11.2 Å². The van der Waals surface area contributed by atoms with Gasteiger partial charge in [0.25, 0.3) is 0 Å². The van der Waals surface area contributed by atoms with Gasteiger partial charge in [0.2, 0.25) is 0 Å². The number of rotatable bonds is 5. The molecule has 0 saturated heterocycles. The standard InChI is InChI=1S/C22H25NO3/c1-15-12-18(25-3)7-9-20(15)22(13-16(2)24)23-11-5-6-17-14-19(26-4)8-10-21(17)23/h7-10,12-14H,5-6,11H2,1-4H3/b22-13+. The van der Waals surface area contributed by atoms with E-state index in [1.807, 2.05) is 31.2 Å². The van der Waals surface area contributed by atoms with Crippen LogP contribution in [-0.4, -0.2) is 26.5 Å². The third-order valence-corrected chi connectivity index (χ3v) is 4.75. The van der Waals surface area contributed by atoms with E-state index in [1.165, 1.54) is 5.56 Å². The van der Waals surface area contributed by atoms with Gasteiger partial charge in [-0.05, 0) is 74.2 Å². The Hall–Kier alpha value is -2.75. The Morgan fingerprint density at radius 2 is 1.77 bits per heavy atom. The van der Waals surface area contributed by atoms with Gasteiger partial charge in [-0.3, -0.25) is 4.79 Å². The summed E-state index contributed by atoms with van der Waals surface area (Å²) in [6.45, 7) is 4.52. The lowest BCUT2D eigenvalue weighted by atomic mass is 9.97. The van der Waals surface area contributed by atoms with Gasteiger partial charge in [0, 0.05) is 23.9 Å². The topological polar surface area (TPSA) is 38.8 Å². The number of anilines is 1. The lowest BCUT2D eigenvalue weighted by molar-refractivity contribution is -0.112. The van der Waals surface area contributed by atoms with Gasteiger partial charge in [-0.1, -0.05) is 0 Å². The molecule has 0 spiro atoms. The van der Waals surface area contributed by atoms with E-state index in [0.29, 0.717) is 0 Å². The zero-order chi connectivity index (χ0) is 18.7. The molecule has 1 aliphatic heterocycles. The van der Waals surface area contributed by atoms with Gasteiger partial charge in [0.15, 0.2) is 5.78 Å². The molecule has 1 aliphatic rings. The fourth-order valence-electron chi connectivity index (χ4n) is 3.49. The predicted octanol–water partition coefficient (Wildman–Crippen LogP) is 4.39. The van der Waals surface area contributed by atoms with Crippen molar-refractivity contribution in [3.8, 4) is 11.5 Å². The first-order chi connectivity index (χ1) is 12.5. The van der Waals surface area contributed by atoms with Crippen molar-refractivity contribution >= 4 is 17.2 Å². The third-order valence-electron chi connectivity index (χ3n) is 4.75. The molecule has 0 fully saturated rings. The van der Waals surface area contributed by atoms with Gasteiger partial charge in [-0.25, -0.2) is 0 Å². The highest BCUT2D eigenvalue weighted by Crippen LogP contribution is 2.37. The van der Waals surface area contributed by atoms with Crippen LogP contribution in [0.2, 0.25) is 0 Å².